The molecule has 3 nitrogen and oxygen atoms in total. The van der Waals surface area contributed by atoms with Crippen LogP contribution in [0.5, 0.6) is 5.75 Å². The lowest BCUT2D eigenvalue weighted by atomic mass is 10.2. The number of rotatable bonds is 4. The molecule has 0 amide bonds. The first-order valence-corrected chi connectivity index (χ1v) is 6.86. The standard InChI is InChI=1S/C17H18N2O/c1-12-5-3-7-14(11-12)20-10-9-16-18-15-8-4-6-13(2)17(15)19-16/h3-8,11H,9-10H2,1-2H3,(H,18,19). The fraction of sp³-hybridized carbons (Fsp3) is 0.235. The van der Waals surface area contributed by atoms with Gasteiger partial charge in [-0.15, -0.1) is 0 Å². The van der Waals surface area contributed by atoms with Crippen molar-refractivity contribution in [3.63, 3.8) is 0 Å². The number of benzene rings is 2. The Morgan fingerprint density at radius 2 is 1.95 bits per heavy atom. The van der Waals surface area contributed by atoms with Crippen LogP contribution in [-0.2, 0) is 6.42 Å². The maximum absolute atomic E-state index is 5.76. The van der Waals surface area contributed by atoms with E-state index >= 15 is 0 Å². The fourth-order valence-electron chi connectivity index (χ4n) is 2.32. The van der Waals surface area contributed by atoms with Crippen molar-refractivity contribution in [2.24, 2.45) is 0 Å². The summed E-state index contributed by atoms with van der Waals surface area (Å²) < 4.78 is 5.76. The maximum atomic E-state index is 5.76. The van der Waals surface area contributed by atoms with Gasteiger partial charge in [-0.25, -0.2) is 4.98 Å². The molecule has 0 bridgehead atoms. The first kappa shape index (κ1) is 12.7. The van der Waals surface area contributed by atoms with Crippen LogP contribution < -0.4 is 4.74 Å². The number of fused-ring (bicyclic) bond motifs is 1. The van der Waals surface area contributed by atoms with Crippen molar-refractivity contribution in [2.75, 3.05) is 6.61 Å². The third kappa shape index (κ3) is 2.67. The Kier molecular flexibility index (Phi) is 3.42. The number of aryl methyl sites for hydroxylation is 2. The summed E-state index contributed by atoms with van der Waals surface area (Å²) in [5, 5.41) is 0. The van der Waals surface area contributed by atoms with Crippen molar-refractivity contribution >= 4 is 11.0 Å². The van der Waals surface area contributed by atoms with Crippen molar-refractivity contribution in [3.8, 4) is 5.75 Å². The summed E-state index contributed by atoms with van der Waals surface area (Å²) in [6, 6.07) is 14.3. The van der Waals surface area contributed by atoms with Gasteiger partial charge in [0.15, 0.2) is 0 Å². The minimum absolute atomic E-state index is 0.627. The molecular formula is C17H18N2O. The SMILES string of the molecule is Cc1cccc(OCCc2nc3c(C)cccc3[nH]2)c1. The number of aromatic amines is 1. The zero-order valence-electron chi connectivity index (χ0n) is 11.8. The van der Waals surface area contributed by atoms with Crippen LogP contribution in [0.1, 0.15) is 17.0 Å². The number of hydrogen-bond acceptors (Lipinski definition) is 2. The number of nitrogens with one attached hydrogen (secondary N) is 1. The molecule has 3 heteroatoms. The van der Waals surface area contributed by atoms with Gasteiger partial charge in [0, 0.05) is 6.42 Å². The summed E-state index contributed by atoms with van der Waals surface area (Å²) in [5.74, 6) is 1.89. The number of imidazole rings is 1. The molecule has 3 rings (SSSR count). The molecular weight excluding hydrogens is 248 g/mol. The van der Waals surface area contributed by atoms with Gasteiger partial charge in [-0.3, -0.25) is 0 Å². The summed E-state index contributed by atoms with van der Waals surface area (Å²) in [5.41, 5.74) is 4.56. The number of H-pyrrole nitrogens is 1. The van der Waals surface area contributed by atoms with Gasteiger partial charge < -0.3 is 9.72 Å². The van der Waals surface area contributed by atoms with Gasteiger partial charge in [0.25, 0.3) is 0 Å². The van der Waals surface area contributed by atoms with Gasteiger partial charge in [-0.2, -0.15) is 0 Å². The Hall–Kier alpha value is -2.29. The zero-order valence-corrected chi connectivity index (χ0v) is 11.8. The number of para-hydroxylation sites is 1. The average Bonchev–Trinajstić information content (AvgIpc) is 2.83. The summed E-state index contributed by atoms with van der Waals surface area (Å²) in [4.78, 5) is 7.97. The summed E-state index contributed by atoms with van der Waals surface area (Å²) in [6.45, 7) is 4.77. The highest BCUT2D eigenvalue weighted by Gasteiger charge is 2.04. The van der Waals surface area contributed by atoms with E-state index in [4.69, 9.17) is 4.74 Å². The van der Waals surface area contributed by atoms with E-state index in [-0.39, 0.29) is 0 Å². The lowest BCUT2D eigenvalue weighted by molar-refractivity contribution is 0.319. The molecule has 0 fully saturated rings. The van der Waals surface area contributed by atoms with Gasteiger partial charge in [0.1, 0.15) is 11.6 Å². The van der Waals surface area contributed by atoms with E-state index in [0.29, 0.717) is 6.61 Å². The van der Waals surface area contributed by atoms with Crippen molar-refractivity contribution in [1.29, 1.82) is 0 Å². The van der Waals surface area contributed by atoms with Crippen LogP contribution in [0.15, 0.2) is 42.5 Å². The molecule has 0 saturated heterocycles. The van der Waals surface area contributed by atoms with E-state index < -0.39 is 0 Å². The van der Waals surface area contributed by atoms with E-state index in [1.54, 1.807) is 0 Å². The van der Waals surface area contributed by atoms with Gasteiger partial charge in [0.2, 0.25) is 0 Å². The van der Waals surface area contributed by atoms with Gasteiger partial charge >= 0.3 is 0 Å². The minimum atomic E-state index is 0.627. The highest BCUT2D eigenvalue weighted by molar-refractivity contribution is 5.78. The van der Waals surface area contributed by atoms with Crippen molar-refractivity contribution in [2.45, 2.75) is 20.3 Å². The maximum Gasteiger partial charge on any atom is 0.119 e. The van der Waals surface area contributed by atoms with Gasteiger partial charge in [-0.1, -0.05) is 24.3 Å². The lowest BCUT2D eigenvalue weighted by Gasteiger charge is -2.05. The molecule has 20 heavy (non-hydrogen) atoms. The number of nitrogens with zero attached hydrogens (tertiary/aromatic N) is 1. The molecule has 0 unspecified atom stereocenters. The van der Waals surface area contributed by atoms with E-state index in [0.717, 1.165) is 29.0 Å². The molecule has 3 aromatic rings. The minimum Gasteiger partial charge on any atom is -0.493 e. The normalized spacial score (nSPS) is 10.9. The van der Waals surface area contributed by atoms with Crippen molar-refractivity contribution in [3.05, 3.63) is 59.4 Å². The van der Waals surface area contributed by atoms with Crippen LogP contribution in [0, 0.1) is 13.8 Å². The van der Waals surface area contributed by atoms with Crippen LogP contribution in [0.4, 0.5) is 0 Å². The number of hydrogen-bond donors (Lipinski definition) is 1. The molecule has 2 aromatic carbocycles. The highest BCUT2D eigenvalue weighted by Crippen LogP contribution is 2.16. The van der Waals surface area contributed by atoms with E-state index in [1.165, 1.54) is 11.1 Å². The van der Waals surface area contributed by atoms with Crippen LogP contribution in [0.2, 0.25) is 0 Å². The molecule has 0 aliphatic heterocycles. The van der Waals surface area contributed by atoms with E-state index in [9.17, 15) is 0 Å². The number of ether oxygens (including phenoxy) is 1. The lowest BCUT2D eigenvalue weighted by Crippen LogP contribution is -2.02. The highest BCUT2D eigenvalue weighted by atomic mass is 16.5. The third-order valence-electron chi connectivity index (χ3n) is 3.36. The Morgan fingerprint density at radius 1 is 1.10 bits per heavy atom. The van der Waals surface area contributed by atoms with E-state index in [2.05, 4.69) is 42.0 Å². The summed E-state index contributed by atoms with van der Waals surface area (Å²) in [6.07, 6.45) is 0.780. The second kappa shape index (κ2) is 5.37. The predicted molar refractivity (Wildman–Crippen MR) is 81.2 cm³/mol. The molecule has 0 radical (unpaired) electrons. The van der Waals surface area contributed by atoms with Crippen molar-refractivity contribution < 1.29 is 4.74 Å². The Bertz CT molecular complexity index is 731. The monoisotopic (exact) mass is 266 g/mol. The van der Waals surface area contributed by atoms with Crippen molar-refractivity contribution in [1.82, 2.24) is 9.97 Å². The summed E-state index contributed by atoms with van der Waals surface area (Å²) >= 11 is 0. The molecule has 1 heterocycles. The molecule has 0 saturated carbocycles. The second-order valence-electron chi connectivity index (χ2n) is 5.07. The van der Waals surface area contributed by atoms with E-state index in [1.807, 2.05) is 24.3 Å². The molecule has 1 aromatic heterocycles. The molecule has 102 valence electrons. The topological polar surface area (TPSA) is 37.9 Å². The Morgan fingerprint density at radius 3 is 2.75 bits per heavy atom. The zero-order chi connectivity index (χ0) is 13.9. The quantitative estimate of drug-likeness (QED) is 0.780. The molecule has 0 aliphatic rings. The molecule has 0 atom stereocenters. The van der Waals surface area contributed by atoms with Crippen LogP contribution in [0.3, 0.4) is 0 Å². The van der Waals surface area contributed by atoms with Crippen LogP contribution in [0.25, 0.3) is 11.0 Å². The molecule has 1 N–H and O–H groups in total. The molecule has 0 spiro atoms. The first-order valence-electron chi connectivity index (χ1n) is 6.86. The van der Waals surface area contributed by atoms with Gasteiger partial charge in [-0.05, 0) is 43.2 Å². The third-order valence-corrected chi connectivity index (χ3v) is 3.36. The molecule has 0 aliphatic carbocycles. The van der Waals surface area contributed by atoms with Crippen LogP contribution >= 0.6 is 0 Å². The Balaban J connectivity index is 1.67. The second-order valence-corrected chi connectivity index (χ2v) is 5.07. The van der Waals surface area contributed by atoms with Crippen LogP contribution in [-0.4, -0.2) is 16.6 Å². The average molecular weight is 266 g/mol. The summed E-state index contributed by atoms with van der Waals surface area (Å²) in [7, 11) is 0. The largest absolute Gasteiger partial charge is 0.493 e. The fourth-order valence-corrected chi connectivity index (χ4v) is 2.32. The first-order chi connectivity index (χ1) is 9.72. The number of aromatic nitrogens is 2. The predicted octanol–water partition coefficient (Wildman–Crippen LogP) is 3.80. The van der Waals surface area contributed by atoms with Gasteiger partial charge in [0.05, 0.1) is 17.6 Å². The smallest absolute Gasteiger partial charge is 0.119 e. The Labute approximate surface area is 118 Å².